The molecule has 2 aromatic carbocycles. The molecule has 2 atom stereocenters. The van der Waals surface area contributed by atoms with Crippen molar-refractivity contribution in [2.75, 3.05) is 6.54 Å². The maximum atomic E-state index is 12.2. The maximum Gasteiger partial charge on any atom is 0.234 e. The van der Waals surface area contributed by atoms with Gasteiger partial charge in [0, 0.05) is 11.4 Å². The summed E-state index contributed by atoms with van der Waals surface area (Å²) in [5.74, 6) is 0.627. The second-order valence-electron chi connectivity index (χ2n) is 6.25. The van der Waals surface area contributed by atoms with Gasteiger partial charge in [0.15, 0.2) is 0 Å². The lowest BCUT2D eigenvalue weighted by atomic mass is 10.1. The Balaban J connectivity index is 1.55. The minimum Gasteiger partial charge on any atom is -0.459 e. The molecule has 0 aliphatic carbocycles. The maximum absolute atomic E-state index is 12.2. The molecule has 1 heterocycles. The van der Waals surface area contributed by atoms with Crippen LogP contribution in [0.4, 0.5) is 0 Å². The number of halogens is 2. The number of carbonyl (C=O) groups excluding carboxylic acids is 1. The van der Waals surface area contributed by atoms with Crippen molar-refractivity contribution in [3.63, 3.8) is 0 Å². The van der Waals surface area contributed by atoms with Crippen LogP contribution < -0.4 is 10.6 Å². The van der Waals surface area contributed by atoms with Crippen molar-refractivity contribution < 1.29 is 9.21 Å². The van der Waals surface area contributed by atoms with Crippen LogP contribution >= 0.6 is 23.2 Å². The molecule has 1 aromatic heterocycles. The molecule has 0 bridgehead atoms. The minimum absolute atomic E-state index is 0.0305. The number of furan rings is 1. The second-order valence-corrected chi connectivity index (χ2v) is 7.07. The number of benzene rings is 2. The van der Waals surface area contributed by atoms with Gasteiger partial charge in [-0.3, -0.25) is 4.79 Å². The average Bonchev–Trinajstić information content (AvgIpc) is 3.06. The van der Waals surface area contributed by atoms with E-state index in [1.54, 1.807) is 12.1 Å². The minimum atomic E-state index is -0.211. The first-order valence-corrected chi connectivity index (χ1v) is 9.16. The van der Waals surface area contributed by atoms with E-state index < -0.39 is 0 Å². The topological polar surface area (TPSA) is 54.3 Å². The van der Waals surface area contributed by atoms with Gasteiger partial charge in [0.2, 0.25) is 5.91 Å². The Labute approximate surface area is 162 Å². The Morgan fingerprint density at radius 2 is 1.81 bits per heavy atom. The molecule has 3 rings (SSSR count). The Bertz CT molecular complexity index is 890. The van der Waals surface area contributed by atoms with Gasteiger partial charge in [0.1, 0.15) is 11.3 Å². The van der Waals surface area contributed by atoms with Crippen LogP contribution in [0, 0.1) is 0 Å². The summed E-state index contributed by atoms with van der Waals surface area (Å²) in [6.45, 7) is 4.06. The number of hydrogen-bond donors (Lipinski definition) is 2. The number of rotatable bonds is 6. The summed E-state index contributed by atoms with van der Waals surface area (Å²) in [6, 6.07) is 14.9. The molecule has 0 fully saturated rings. The summed E-state index contributed by atoms with van der Waals surface area (Å²) in [5, 5.41) is 8.16. The SMILES string of the molecule is C[C@H](NCC(=O)N[C@@H](C)c1cc2ccccc2o1)c1ccc(Cl)c(Cl)c1. The molecule has 0 aliphatic rings. The van der Waals surface area contributed by atoms with Crippen molar-refractivity contribution in [3.05, 3.63) is 69.9 Å². The van der Waals surface area contributed by atoms with E-state index in [-0.39, 0.29) is 24.5 Å². The third-order valence-electron chi connectivity index (χ3n) is 4.26. The smallest absolute Gasteiger partial charge is 0.234 e. The Morgan fingerprint density at radius 1 is 1.04 bits per heavy atom. The molecule has 3 aromatic rings. The zero-order valence-electron chi connectivity index (χ0n) is 14.6. The number of nitrogens with one attached hydrogen (secondary N) is 2. The molecule has 4 nitrogen and oxygen atoms in total. The highest BCUT2D eigenvalue weighted by Crippen LogP contribution is 2.26. The predicted octanol–water partition coefficient (Wildman–Crippen LogP) is 5.27. The van der Waals surface area contributed by atoms with Gasteiger partial charge in [0.25, 0.3) is 0 Å². The van der Waals surface area contributed by atoms with Crippen LogP contribution in [-0.2, 0) is 4.79 Å². The van der Waals surface area contributed by atoms with Crippen LogP contribution in [0.15, 0.2) is 52.9 Å². The van der Waals surface area contributed by atoms with Crippen LogP contribution in [0.2, 0.25) is 10.0 Å². The van der Waals surface area contributed by atoms with Gasteiger partial charge >= 0.3 is 0 Å². The normalized spacial score (nSPS) is 13.5. The lowest BCUT2D eigenvalue weighted by molar-refractivity contribution is -0.121. The van der Waals surface area contributed by atoms with Crippen molar-refractivity contribution in [1.82, 2.24) is 10.6 Å². The van der Waals surface area contributed by atoms with E-state index in [4.69, 9.17) is 27.6 Å². The number of carbonyl (C=O) groups is 1. The zero-order chi connectivity index (χ0) is 18.7. The lowest BCUT2D eigenvalue weighted by Gasteiger charge is -2.16. The van der Waals surface area contributed by atoms with E-state index in [0.717, 1.165) is 22.3 Å². The average molecular weight is 391 g/mol. The van der Waals surface area contributed by atoms with Crippen LogP contribution in [0.1, 0.15) is 37.3 Å². The lowest BCUT2D eigenvalue weighted by Crippen LogP contribution is -2.36. The van der Waals surface area contributed by atoms with Crippen molar-refractivity contribution in [2.45, 2.75) is 25.9 Å². The fourth-order valence-electron chi connectivity index (χ4n) is 2.72. The highest BCUT2D eigenvalue weighted by atomic mass is 35.5. The molecule has 6 heteroatoms. The molecule has 2 N–H and O–H groups in total. The van der Waals surface area contributed by atoms with Gasteiger partial charge < -0.3 is 15.1 Å². The Kier molecular flexibility index (Phi) is 5.87. The Hall–Kier alpha value is -2.01. The van der Waals surface area contributed by atoms with Crippen LogP contribution in [-0.4, -0.2) is 12.5 Å². The summed E-state index contributed by atoms with van der Waals surface area (Å²) in [4.78, 5) is 12.2. The summed E-state index contributed by atoms with van der Waals surface area (Å²) in [5.41, 5.74) is 1.78. The van der Waals surface area contributed by atoms with Crippen molar-refractivity contribution in [1.29, 1.82) is 0 Å². The quantitative estimate of drug-likeness (QED) is 0.602. The largest absolute Gasteiger partial charge is 0.459 e. The molecule has 0 saturated carbocycles. The molecular formula is C20H20Cl2N2O2. The molecular weight excluding hydrogens is 371 g/mol. The van der Waals surface area contributed by atoms with Crippen LogP contribution in [0.3, 0.4) is 0 Å². The van der Waals surface area contributed by atoms with E-state index >= 15 is 0 Å². The summed E-state index contributed by atoms with van der Waals surface area (Å²) < 4.78 is 5.79. The second kappa shape index (κ2) is 8.12. The standard InChI is InChI=1S/C20H20Cl2N2O2/c1-12(14-7-8-16(21)17(22)9-14)23-11-20(25)24-13(2)19-10-15-5-3-4-6-18(15)26-19/h3-10,12-13,23H,11H2,1-2H3,(H,24,25)/t12-,13-/m0/s1. The van der Waals surface area contributed by atoms with Crippen molar-refractivity contribution >= 4 is 40.1 Å². The fraction of sp³-hybridized carbons (Fsp3) is 0.250. The molecule has 0 radical (unpaired) electrons. The van der Waals surface area contributed by atoms with E-state index in [1.165, 1.54) is 0 Å². The van der Waals surface area contributed by atoms with Gasteiger partial charge in [-0.25, -0.2) is 0 Å². The molecule has 136 valence electrons. The summed E-state index contributed by atoms with van der Waals surface area (Å²) in [6.07, 6.45) is 0. The first-order valence-electron chi connectivity index (χ1n) is 8.40. The third kappa shape index (κ3) is 4.39. The monoisotopic (exact) mass is 390 g/mol. The molecule has 1 amide bonds. The van der Waals surface area contributed by atoms with E-state index in [9.17, 15) is 4.79 Å². The first kappa shape index (κ1) is 18.8. The molecule has 0 saturated heterocycles. The predicted molar refractivity (Wildman–Crippen MR) is 106 cm³/mol. The van der Waals surface area contributed by atoms with Gasteiger partial charge in [-0.2, -0.15) is 0 Å². The molecule has 0 aliphatic heterocycles. The van der Waals surface area contributed by atoms with Gasteiger partial charge in [-0.1, -0.05) is 47.5 Å². The molecule has 26 heavy (non-hydrogen) atoms. The Morgan fingerprint density at radius 3 is 2.54 bits per heavy atom. The van der Waals surface area contributed by atoms with Crippen molar-refractivity contribution in [3.8, 4) is 0 Å². The van der Waals surface area contributed by atoms with Gasteiger partial charge in [-0.05, 0) is 43.7 Å². The highest BCUT2D eigenvalue weighted by molar-refractivity contribution is 6.42. The molecule has 0 spiro atoms. The first-order chi connectivity index (χ1) is 12.4. The summed E-state index contributed by atoms with van der Waals surface area (Å²) in [7, 11) is 0. The van der Waals surface area contributed by atoms with Crippen LogP contribution in [0.25, 0.3) is 11.0 Å². The number of hydrogen-bond acceptors (Lipinski definition) is 3. The van der Waals surface area contributed by atoms with E-state index in [2.05, 4.69) is 10.6 Å². The van der Waals surface area contributed by atoms with Crippen LogP contribution in [0.5, 0.6) is 0 Å². The van der Waals surface area contributed by atoms with E-state index in [0.29, 0.717) is 10.0 Å². The third-order valence-corrected chi connectivity index (χ3v) is 5.00. The van der Waals surface area contributed by atoms with E-state index in [1.807, 2.05) is 50.2 Å². The highest BCUT2D eigenvalue weighted by Gasteiger charge is 2.15. The fourth-order valence-corrected chi connectivity index (χ4v) is 3.03. The summed E-state index contributed by atoms with van der Waals surface area (Å²) >= 11 is 12.0. The zero-order valence-corrected chi connectivity index (χ0v) is 16.1. The number of amides is 1. The number of fused-ring (bicyclic) bond motifs is 1. The number of para-hydroxylation sites is 1. The van der Waals surface area contributed by atoms with Gasteiger partial charge in [0.05, 0.1) is 22.6 Å². The van der Waals surface area contributed by atoms with Gasteiger partial charge in [-0.15, -0.1) is 0 Å². The molecule has 0 unspecified atom stereocenters. The van der Waals surface area contributed by atoms with Crippen molar-refractivity contribution in [2.24, 2.45) is 0 Å².